The minimum Gasteiger partial charge on any atom is -0.399 e. The second-order valence-electron chi connectivity index (χ2n) is 2.19. The van der Waals surface area contributed by atoms with Gasteiger partial charge in [0.1, 0.15) is 0 Å². The van der Waals surface area contributed by atoms with Gasteiger partial charge in [-0.1, -0.05) is 6.07 Å². The van der Waals surface area contributed by atoms with E-state index in [2.05, 4.69) is 6.92 Å². The molecule has 0 fully saturated rings. The van der Waals surface area contributed by atoms with Crippen LogP contribution in [0.15, 0.2) is 18.2 Å². The molecule has 0 aromatic heterocycles. The van der Waals surface area contributed by atoms with Gasteiger partial charge in [-0.25, -0.2) is 0 Å². The van der Waals surface area contributed by atoms with E-state index < -0.39 is 0 Å². The summed E-state index contributed by atoms with van der Waals surface area (Å²) in [5.74, 6) is 0. The highest BCUT2D eigenvalue weighted by atomic mass is 14.5. The summed E-state index contributed by atoms with van der Waals surface area (Å²) in [6.07, 6.45) is 0. The Bertz CT molecular complexity index is 216. The van der Waals surface area contributed by atoms with Gasteiger partial charge in [-0.3, -0.25) is 0 Å². The van der Waals surface area contributed by atoms with Crippen molar-refractivity contribution in [3.63, 3.8) is 0 Å². The van der Waals surface area contributed by atoms with Crippen molar-refractivity contribution in [1.29, 1.82) is 0 Å². The van der Waals surface area contributed by atoms with E-state index in [1.54, 1.807) is 0 Å². The normalized spacial score (nSPS) is 9.56. The molecule has 1 aromatic rings. The van der Waals surface area contributed by atoms with Crippen LogP contribution in [0.2, 0.25) is 0 Å². The summed E-state index contributed by atoms with van der Waals surface area (Å²) in [6.45, 7) is 5.82. The zero-order chi connectivity index (χ0) is 6.85. The third kappa shape index (κ3) is 1.22. The fraction of sp³-hybridized carbons (Fsp3) is 0.125. The SMILES string of the molecule is [CH2]c1cc(N)ccc1C. The second-order valence-corrected chi connectivity index (χ2v) is 2.19. The van der Waals surface area contributed by atoms with Gasteiger partial charge < -0.3 is 5.73 Å². The van der Waals surface area contributed by atoms with Gasteiger partial charge in [0.2, 0.25) is 0 Å². The van der Waals surface area contributed by atoms with Crippen molar-refractivity contribution < 1.29 is 0 Å². The van der Waals surface area contributed by atoms with Gasteiger partial charge in [0.25, 0.3) is 0 Å². The van der Waals surface area contributed by atoms with Gasteiger partial charge in [-0.15, -0.1) is 0 Å². The summed E-state index contributed by atoms with van der Waals surface area (Å²) in [5, 5.41) is 0. The summed E-state index contributed by atoms with van der Waals surface area (Å²) < 4.78 is 0. The second kappa shape index (κ2) is 2.09. The number of nitrogen functional groups attached to an aromatic ring is 1. The molecular formula is C8H10N. The Morgan fingerprint density at radius 2 is 2.11 bits per heavy atom. The van der Waals surface area contributed by atoms with Gasteiger partial charge in [-0.05, 0) is 37.1 Å². The predicted molar refractivity (Wildman–Crippen MR) is 40.1 cm³/mol. The smallest absolute Gasteiger partial charge is 0.0316 e. The lowest BCUT2D eigenvalue weighted by Crippen LogP contribution is -1.86. The standard InChI is InChI=1S/C8H10N/c1-6-3-4-8(9)5-7(6)2/h3-5H,2,9H2,1H3. The van der Waals surface area contributed by atoms with E-state index in [0.717, 1.165) is 11.3 Å². The van der Waals surface area contributed by atoms with Crippen molar-refractivity contribution in [3.8, 4) is 0 Å². The topological polar surface area (TPSA) is 26.0 Å². The first-order valence-corrected chi connectivity index (χ1v) is 2.88. The summed E-state index contributed by atoms with van der Waals surface area (Å²) >= 11 is 0. The Kier molecular flexibility index (Phi) is 1.43. The number of rotatable bonds is 0. The van der Waals surface area contributed by atoms with Gasteiger partial charge >= 0.3 is 0 Å². The van der Waals surface area contributed by atoms with E-state index in [1.807, 2.05) is 25.1 Å². The number of nitrogens with two attached hydrogens (primary N) is 1. The van der Waals surface area contributed by atoms with Gasteiger partial charge in [0.05, 0.1) is 0 Å². The van der Waals surface area contributed by atoms with Crippen LogP contribution in [0.3, 0.4) is 0 Å². The van der Waals surface area contributed by atoms with Crippen LogP contribution in [0, 0.1) is 13.8 Å². The molecule has 0 bridgehead atoms. The average Bonchev–Trinajstić information content (AvgIpc) is 1.80. The molecule has 47 valence electrons. The summed E-state index contributed by atoms with van der Waals surface area (Å²) in [6, 6.07) is 5.72. The van der Waals surface area contributed by atoms with Crippen LogP contribution < -0.4 is 5.73 Å². The maximum absolute atomic E-state index is 5.49. The van der Waals surface area contributed by atoms with Crippen LogP contribution in [-0.2, 0) is 0 Å². The van der Waals surface area contributed by atoms with E-state index in [1.165, 1.54) is 5.56 Å². The summed E-state index contributed by atoms with van der Waals surface area (Å²) in [5.41, 5.74) is 8.46. The van der Waals surface area contributed by atoms with Crippen LogP contribution >= 0.6 is 0 Å². The molecule has 1 heteroatoms. The third-order valence-electron chi connectivity index (χ3n) is 1.37. The van der Waals surface area contributed by atoms with E-state index >= 15 is 0 Å². The van der Waals surface area contributed by atoms with E-state index in [0.29, 0.717) is 0 Å². The molecule has 1 radical (unpaired) electrons. The molecule has 2 N–H and O–H groups in total. The molecule has 9 heavy (non-hydrogen) atoms. The van der Waals surface area contributed by atoms with Crippen molar-refractivity contribution >= 4 is 5.69 Å². The number of benzene rings is 1. The molecule has 0 atom stereocenters. The highest BCUT2D eigenvalue weighted by Gasteiger charge is 1.89. The molecule has 1 rings (SSSR count). The fourth-order valence-electron chi connectivity index (χ4n) is 0.691. The van der Waals surface area contributed by atoms with Gasteiger partial charge in [0, 0.05) is 5.69 Å². The molecule has 0 amide bonds. The molecule has 1 aromatic carbocycles. The lowest BCUT2D eigenvalue weighted by molar-refractivity contribution is 1.42. The first-order chi connectivity index (χ1) is 4.20. The first kappa shape index (κ1) is 6.14. The lowest BCUT2D eigenvalue weighted by Gasteiger charge is -1.98. The molecule has 0 aliphatic carbocycles. The maximum Gasteiger partial charge on any atom is 0.0316 e. The first-order valence-electron chi connectivity index (χ1n) is 2.88. The molecule has 0 saturated heterocycles. The third-order valence-corrected chi connectivity index (χ3v) is 1.37. The van der Waals surface area contributed by atoms with Crippen LogP contribution in [0.4, 0.5) is 5.69 Å². The minimum absolute atomic E-state index is 0.783. The minimum atomic E-state index is 0.783. The molecule has 1 nitrogen and oxygen atoms in total. The fourth-order valence-corrected chi connectivity index (χ4v) is 0.691. The van der Waals surface area contributed by atoms with E-state index in [-0.39, 0.29) is 0 Å². The van der Waals surface area contributed by atoms with Crippen LogP contribution in [0.5, 0.6) is 0 Å². The molecular weight excluding hydrogens is 110 g/mol. The van der Waals surface area contributed by atoms with Crippen molar-refractivity contribution in [2.75, 3.05) is 5.73 Å². The quantitative estimate of drug-likeness (QED) is 0.519. The Morgan fingerprint density at radius 1 is 1.44 bits per heavy atom. The van der Waals surface area contributed by atoms with E-state index in [9.17, 15) is 0 Å². The number of anilines is 1. The number of hydrogen-bond donors (Lipinski definition) is 1. The van der Waals surface area contributed by atoms with Gasteiger partial charge in [-0.2, -0.15) is 0 Å². The van der Waals surface area contributed by atoms with Crippen LogP contribution in [0.25, 0.3) is 0 Å². The average molecular weight is 120 g/mol. The molecule has 0 heterocycles. The van der Waals surface area contributed by atoms with E-state index in [4.69, 9.17) is 5.73 Å². The number of hydrogen-bond acceptors (Lipinski definition) is 1. The van der Waals surface area contributed by atoms with Gasteiger partial charge in [0.15, 0.2) is 0 Å². The molecule has 0 spiro atoms. The molecule has 0 aliphatic rings. The molecule has 0 unspecified atom stereocenters. The van der Waals surface area contributed by atoms with Crippen molar-refractivity contribution in [2.45, 2.75) is 6.92 Å². The molecule has 0 saturated carbocycles. The van der Waals surface area contributed by atoms with Crippen molar-refractivity contribution in [2.24, 2.45) is 0 Å². The monoisotopic (exact) mass is 120 g/mol. The largest absolute Gasteiger partial charge is 0.399 e. The zero-order valence-corrected chi connectivity index (χ0v) is 5.52. The lowest BCUT2D eigenvalue weighted by atomic mass is 10.1. The summed E-state index contributed by atoms with van der Waals surface area (Å²) in [4.78, 5) is 0. The summed E-state index contributed by atoms with van der Waals surface area (Å²) in [7, 11) is 0. The Hall–Kier alpha value is -0.980. The van der Waals surface area contributed by atoms with Crippen molar-refractivity contribution in [1.82, 2.24) is 0 Å². The van der Waals surface area contributed by atoms with Crippen LogP contribution in [-0.4, -0.2) is 0 Å². The Labute approximate surface area is 55.5 Å². The highest BCUT2D eigenvalue weighted by Crippen LogP contribution is 2.09. The maximum atomic E-state index is 5.49. The molecule has 0 aliphatic heterocycles. The van der Waals surface area contributed by atoms with Crippen molar-refractivity contribution in [3.05, 3.63) is 36.2 Å². The highest BCUT2D eigenvalue weighted by molar-refractivity contribution is 5.45. The number of aryl methyl sites for hydroxylation is 1. The Morgan fingerprint density at radius 3 is 2.56 bits per heavy atom. The Balaban J connectivity index is 3.17. The zero-order valence-electron chi connectivity index (χ0n) is 5.52. The predicted octanol–water partition coefficient (Wildman–Crippen LogP) is 1.76. The van der Waals surface area contributed by atoms with Crippen LogP contribution in [0.1, 0.15) is 11.1 Å².